The first-order valence-electron chi connectivity index (χ1n) is 8.89. The molecule has 1 heterocycles. The van der Waals surface area contributed by atoms with Crippen LogP contribution in [0.1, 0.15) is 24.5 Å². The van der Waals surface area contributed by atoms with E-state index >= 15 is 0 Å². The molecular formula is C21H20N4O3. The number of nitriles is 1. The lowest BCUT2D eigenvalue weighted by Crippen LogP contribution is -2.45. The fraction of sp³-hybridized carbons (Fsp3) is 0.238. The number of imide groups is 1. The molecule has 1 saturated heterocycles. The Kier molecular flexibility index (Phi) is 5.41. The van der Waals surface area contributed by atoms with Crippen molar-refractivity contribution >= 4 is 23.5 Å². The molecule has 7 nitrogen and oxygen atoms in total. The lowest BCUT2D eigenvalue weighted by molar-refractivity contribution is -0.133. The summed E-state index contributed by atoms with van der Waals surface area (Å²) in [7, 11) is 0. The van der Waals surface area contributed by atoms with Gasteiger partial charge in [-0.1, -0.05) is 36.4 Å². The van der Waals surface area contributed by atoms with Gasteiger partial charge in [0.15, 0.2) is 0 Å². The number of hydrogen-bond acceptors (Lipinski definition) is 4. The van der Waals surface area contributed by atoms with Gasteiger partial charge in [-0.05, 0) is 43.5 Å². The Hall–Kier alpha value is -3.66. The number of benzene rings is 2. The van der Waals surface area contributed by atoms with Crippen LogP contribution in [0.25, 0.3) is 0 Å². The molecule has 0 aliphatic carbocycles. The number of nitrogens with one attached hydrogen (secondary N) is 2. The summed E-state index contributed by atoms with van der Waals surface area (Å²) in [5, 5.41) is 14.2. The Morgan fingerprint density at radius 3 is 2.64 bits per heavy atom. The van der Waals surface area contributed by atoms with Crippen LogP contribution in [0.5, 0.6) is 0 Å². The molecule has 2 aromatic rings. The number of nitrogens with zero attached hydrogens (tertiary/aromatic N) is 2. The molecule has 1 fully saturated rings. The summed E-state index contributed by atoms with van der Waals surface area (Å²) in [4.78, 5) is 38.2. The molecule has 4 amide bonds. The van der Waals surface area contributed by atoms with Gasteiger partial charge in [0.05, 0.1) is 11.6 Å². The van der Waals surface area contributed by atoms with Crippen molar-refractivity contribution in [3.63, 3.8) is 0 Å². The summed E-state index contributed by atoms with van der Waals surface area (Å²) >= 11 is 0. The molecule has 0 radical (unpaired) electrons. The van der Waals surface area contributed by atoms with E-state index in [0.717, 1.165) is 10.5 Å². The van der Waals surface area contributed by atoms with Gasteiger partial charge in [0.1, 0.15) is 12.1 Å². The predicted molar refractivity (Wildman–Crippen MR) is 103 cm³/mol. The van der Waals surface area contributed by atoms with Gasteiger partial charge in [-0.3, -0.25) is 14.5 Å². The molecule has 142 valence electrons. The number of anilines is 1. The number of urea groups is 1. The molecule has 7 heteroatoms. The van der Waals surface area contributed by atoms with Crippen LogP contribution < -0.4 is 10.6 Å². The molecule has 0 aromatic heterocycles. The van der Waals surface area contributed by atoms with Crippen molar-refractivity contribution in [1.82, 2.24) is 10.2 Å². The third-order valence-electron chi connectivity index (χ3n) is 4.68. The minimum Gasteiger partial charge on any atom is -0.324 e. The van der Waals surface area contributed by atoms with E-state index in [0.29, 0.717) is 24.1 Å². The van der Waals surface area contributed by atoms with Crippen LogP contribution in [0.2, 0.25) is 0 Å². The van der Waals surface area contributed by atoms with Gasteiger partial charge in [-0.15, -0.1) is 0 Å². The molecule has 0 spiro atoms. The number of amides is 4. The van der Waals surface area contributed by atoms with Gasteiger partial charge in [-0.25, -0.2) is 4.79 Å². The van der Waals surface area contributed by atoms with Gasteiger partial charge in [0.2, 0.25) is 5.91 Å². The Morgan fingerprint density at radius 1 is 1.18 bits per heavy atom. The highest BCUT2D eigenvalue weighted by molar-refractivity contribution is 6.09. The largest absolute Gasteiger partial charge is 0.325 e. The van der Waals surface area contributed by atoms with Crippen molar-refractivity contribution in [3.05, 3.63) is 65.7 Å². The second kappa shape index (κ2) is 7.92. The summed E-state index contributed by atoms with van der Waals surface area (Å²) in [5.74, 6) is -0.930. The zero-order chi connectivity index (χ0) is 20.1. The van der Waals surface area contributed by atoms with Gasteiger partial charge in [-0.2, -0.15) is 5.26 Å². The fourth-order valence-electron chi connectivity index (χ4n) is 3.11. The normalized spacial score (nSPS) is 18.5. The molecule has 1 aliphatic heterocycles. The van der Waals surface area contributed by atoms with Gasteiger partial charge < -0.3 is 10.6 Å². The number of hydrogen-bond donors (Lipinski definition) is 2. The zero-order valence-electron chi connectivity index (χ0n) is 15.4. The minimum atomic E-state index is -1.05. The molecule has 1 unspecified atom stereocenters. The maximum Gasteiger partial charge on any atom is 0.325 e. The van der Waals surface area contributed by atoms with E-state index in [1.54, 1.807) is 25.1 Å². The number of rotatable bonds is 6. The Bertz CT molecular complexity index is 952. The van der Waals surface area contributed by atoms with Gasteiger partial charge >= 0.3 is 6.03 Å². The molecular weight excluding hydrogens is 356 g/mol. The Balaban J connectivity index is 1.62. The van der Waals surface area contributed by atoms with Crippen molar-refractivity contribution in [2.45, 2.75) is 25.3 Å². The Morgan fingerprint density at radius 2 is 1.93 bits per heavy atom. The van der Waals surface area contributed by atoms with E-state index < -0.39 is 23.4 Å². The highest BCUT2D eigenvalue weighted by Crippen LogP contribution is 2.23. The number of carbonyl (C=O) groups excluding carboxylic acids is 3. The van der Waals surface area contributed by atoms with Crippen molar-refractivity contribution in [2.75, 3.05) is 11.9 Å². The van der Waals surface area contributed by atoms with Crippen molar-refractivity contribution in [3.8, 4) is 6.07 Å². The third kappa shape index (κ3) is 4.18. The monoisotopic (exact) mass is 376 g/mol. The molecule has 0 bridgehead atoms. The summed E-state index contributed by atoms with van der Waals surface area (Å²) in [6.07, 6.45) is 1.06. The second-order valence-electron chi connectivity index (χ2n) is 6.88. The van der Waals surface area contributed by atoms with Crippen molar-refractivity contribution in [1.29, 1.82) is 5.26 Å². The van der Waals surface area contributed by atoms with Gasteiger partial charge in [0, 0.05) is 5.69 Å². The highest BCUT2D eigenvalue weighted by Gasteiger charge is 2.47. The lowest BCUT2D eigenvalue weighted by atomic mass is 9.93. The quantitative estimate of drug-likeness (QED) is 0.756. The second-order valence-corrected chi connectivity index (χ2v) is 6.88. The smallest absolute Gasteiger partial charge is 0.324 e. The van der Waals surface area contributed by atoms with Crippen LogP contribution in [0.4, 0.5) is 10.5 Å². The van der Waals surface area contributed by atoms with E-state index in [2.05, 4.69) is 10.6 Å². The molecule has 3 rings (SSSR count). The van der Waals surface area contributed by atoms with E-state index in [1.807, 2.05) is 36.4 Å². The standard InChI is InChI=1S/C21H20N4O3/c1-21(11-10-15-6-3-2-4-7-15)19(27)25(20(28)24-21)14-18(26)23-17-9-5-8-16(12-17)13-22/h2-9,12H,10-11,14H2,1H3,(H,23,26)(H,24,28). The zero-order valence-corrected chi connectivity index (χ0v) is 15.4. The van der Waals surface area contributed by atoms with Crippen LogP contribution in [0.15, 0.2) is 54.6 Å². The third-order valence-corrected chi connectivity index (χ3v) is 4.68. The average Bonchev–Trinajstić information content (AvgIpc) is 2.91. The van der Waals surface area contributed by atoms with Gasteiger partial charge in [0.25, 0.3) is 5.91 Å². The molecule has 1 atom stereocenters. The molecule has 1 aliphatic rings. The maximum atomic E-state index is 12.8. The van der Waals surface area contributed by atoms with E-state index in [-0.39, 0.29) is 6.54 Å². The van der Waals surface area contributed by atoms with E-state index in [4.69, 9.17) is 5.26 Å². The summed E-state index contributed by atoms with van der Waals surface area (Å²) in [6.45, 7) is 1.28. The molecule has 2 aromatic carbocycles. The summed E-state index contributed by atoms with van der Waals surface area (Å²) in [6, 6.07) is 17.5. The van der Waals surface area contributed by atoms with Crippen LogP contribution in [-0.4, -0.2) is 34.8 Å². The summed E-state index contributed by atoms with van der Waals surface area (Å²) in [5.41, 5.74) is 0.858. The SMILES string of the molecule is CC1(CCc2ccccc2)NC(=O)N(CC(=O)Nc2cccc(C#N)c2)C1=O. The Labute approximate surface area is 163 Å². The lowest BCUT2D eigenvalue weighted by Gasteiger charge is -2.21. The first-order valence-corrected chi connectivity index (χ1v) is 8.89. The topological polar surface area (TPSA) is 102 Å². The fourth-order valence-corrected chi connectivity index (χ4v) is 3.11. The molecule has 28 heavy (non-hydrogen) atoms. The first-order chi connectivity index (χ1) is 13.4. The van der Waals surface area contributed by atoms with E-state index in [1.165, 1.54) is 6.07 Å². The highest BCUT2D eigenvalue weighted by atomic mass is 16.2. The van der Waals surface area contributed by atoms with E-state index in [9.17, 15) is 14.4 Å². The first kappa shape index (κ1) is 19.1. The van der Waals surface area contributed by atoms with Crippen molar-refractivity contribution < 1.29 is 14.4 Å². The van der Waals surface area contributed by atoms with Crippen LogP contribution in [-0.2, 0) is 16.0 Å². The van der Waals surface area contributed by atoms with Crippen molar-refractivity contribution in [2.24, 2.45) is 0 Å². The summed E-state index contributed by atoms with van der Waals surface area (Å²) < 4.78 is 0. The minimum absolute atomic E-state index is 0.387. The van der Waals surface area contributed by atoms with Crippen LogP contribution in [0.3, 0.4) is 0 Å². The molecule has 0 saturated carbocycles. The number of aryl methyl sites for hydroxylation is 1. The number of carbonyl (C=O) groups is 3. The predicted octanol–water partition coefficient (Wildman–Crippen LogP) is 2.44. The molecule has 2 N–H and O–H groups in total. The van der Waals surface area contributed by atoms with Crippen LogP contribution >= 0.6 is 0 Å². The average molecular weight is 376 g/mol. The van der Waals surface area contributed by atoms with Crippen LogP contribution in [0, 0.1) is 11.3 Å². The maximum absolute atomic E-state index is 12.8.